The SMILES string of the molecule is c1ccc(-c2nc(-c3cccc(-c4cccc(-c5cccc(-c6nc(-c7ccccc7)c7c(n6)oc6ccccc67)c5)c4)c3)c3c(n2)sc2ccccc23)cc1. The van der Waals surface area contributed by atoms with Gasteiger partial charge in [0.15, 0.2) is 11.6 Å². The Labute approximate surface area is 326 Å². The molecule has 0 amide bonds. The van der Waals surface area contributed by atoms with Gasteiger partial charge in [0.2, 0.25) is 5.71 Å². The largest absolute Gasteiger partial charge is 0.438 e. The Morgan fingerprint density at radius 1 is 0.357 bits per heavy atom. The summed E-state index contributed by atoms with van der Waals surface area (Å²) < 4.78 is 7.51. The van der Waals surface area contributed by atoms with Crippen LogP contribution in [0.2, 0.25) is 0 Å². The summed E-state index contributed by atoms with van der Waals surface area (Å²) in [6.45, 7) is 0. The lowest BCUT2D eigenvalue weighted by molar-refractivity contribution is 0.653. The monoisotopic (exact) mass is 734 g/mol. The highest BCUT2D eigenvalue weighted by atomic mass is 32.1. The lowest BCUT2D eigenvalue weighted by Crippen LogP contribution is -1.94. The minimum atomic E-state index is 0.578. The number of thiophene rings is 1. The highest BCUT2D eigenvalue weighted by Crippen LogP contribution is 2.41. The van der Waals surface area contributed by atoms with Gasteiger partial charge in [-0.3, -0.25) is 0 Å². The van der Waals surface area contributed by atoms with Crippen LogP contribution in [0, 0.1) is 0 Å². The van der Waals surface area contributed by atoms with Crippen LogP contribution in [-0.2, 0) is 0 Å². The van der Waals surface area contributed by atoms with Crippen molar-refractivity contribution in [3.8, 4) is 67.5 Å². The molecule has 7 aromatic carbocycles. The van der Waals surface area contributed by atoms with Crippen molar-refractivity contribution in [2.45, 2.75) is 0 Å². The van der Waals surface area contributed by atoms with Crippen LogP contribution in [0.25, 0.3) is 110 Å². The molecule has 56 heavy (non-hydrogen) atoms. The third kappa shape index (κ3) is 5.54. The second-order valence-corrected chi connectivity index (χ2v) is 14.9. The van der Waals surface area contributed by atoms with Gasteiger partial charge < -0.3 is 4.42 Å². The molecular formula is C50H30N4OS. The normalized spacial score (nSPS) is 11.6. The zero-order chi connectivity index (χ0) is 37.0. The summed E-state index contributed by atoms with van der Waals surface area (Å²) in [6, 6.07) is 62.9. The van der Waals surface area contributed by atoms with Gasteiger partial charge >= 0.3 is 0 Å². The van der Waals surface area contributed by atoms with E-state index in [0.29, 0.717) is 11.5 Å². The molecule has 0 N–H and O–H groups in total. The van der Waals surface area contributed by atoms with Gasteiger partial charge in [-0.25, -0.2) is 15.0 Å². The molecule has 5 nitrogen and oxygen atoms in total. The van der Waals surface area contributed by atoms with Gasteiger partial charge in [0.05, 0.1) is 16.8 Å². The van der Waals surface area contributed by atoms with Crippen molar-refractivity contribution in [3.63, 3.8) is 0 Å². The lowest BCUT2D eigenvalue weighted by atomic mass is 9.96. The van der Waals surface area contributed by atoms with E-state index in [1.54, 1.807) is 11.3 Å². The van der Waals surface area contributed by atoms with Gasteiger partial charge in [0.1, 0.15) is 10.4 Å². The van der Waals surface area contributed by atoms with Gasteiger partial charge in [0.25, 0.3) is 0 Å². The summed E-state index contributed by atoms with van der Waals surface area (Å²) >= 11 is 1.71. The molecule has 262 valence electrons. The van der Waals surface area contributed by atoms with Crippen molar-refractivity contribution in [1.82, 2.24) is 19.9 Å². The fourth-order valence-electron chi connectivity index (χ4n) is 7.67. The molecule has 0 spiro atoms. The summed E-state index contributed by atoms with van der Waals surface area (Å²) in [5, 5.41) is 4.19. The molecular weight excluding hydrogens is 705 g/mol. The molecule has 0 atom stereocenters. The molecule has 0 saturated carbocycles. The van der Waals surface area contributed by atoms with Crippen LogP contribution in [0.4, 0.5) is 0 Å². The van der Waals surface area contributed by atoms with Crippen LogP contribution in [0.15, 0.2) is 186 Å². The topological polar surface area (TPSA) is 64.7 Å². The number of nitrogens with zero attached hydrogens (tertiary/aromatic N) is 4. The van der Waals surface area contributed by atoms with Crippen LogP contribution in [0.5, 0.6) is 0 Å². The van der Waals surface area contributed by atoms with Gasteiger partial charge in [-0.15, -0.1) is 11.3 Å². The minimum Gasteiger partial charge on any atom is -0.438 e. The molecule has 0 saturated heterocycles. The van der Waals surface area contributed by atoms with Crippen molar-refractivity contribution in [1.29, 1.82) is 0 Å². The first-order valence-electron chi connectivity index (χ1n) is 18.5. The predicted molar refractivity (Wildman–Crippen MR) is 230 cm³/mol. The van der Waals surface area contributed by atoms with E-state index in [0.717, 1.165) is 88.3 Å². The van der Waals surface area contributed by atoms with E-state index in [1.165, 1.54) is 10.1 Å². The van der Waals surface area contributed by atoms with Gasteiger partial charge in [-0.1, -0.05) is 152 Å². The second-order valence-electron chi connectivity index (χ2n) is 13.8. The van der Waals surface area contributed by atoms with Crippen LogP contribution in [0.3, 0.4) is 0 Å². The molecule has 0 radical (unpaired) electrons. The van der Waals surface area contributed by atoms with E-state index in [9.17, 15) is 0 Å². The summed E-state index contributed by atoms with van der Waals surface area (Å²) in [6.07, 6.45) is 0. The maximum absolute atomic E-state index is 6.31. The lowest BCUT2D eigenvalue weighted by Gasteiger charge is -2.11. The molecule has 4 heterocycles. The first-order chi connectivity index (χ1) is 27.7. The van der Waals surface area contributed by atoms with Crippen molar-refractivity contribution in [2.24, 2.45) is 0 Å². The van der Waals surface area contributed by atoms with Crippen LogP contribution < -0.4 is 0 Å². The average molecular weight is 735 g/mol. The zero-order valence-corrected chi connectivity index (χ0v) is 30.7. The molecule has 6 heteroatoms. The summed E-state index contributed by atoms with van der Waals surface area (Å²) in [7, 11) is 0. The number of fused-ring (bicyclic) bond motifs is 6. The Bertz CT molecular complexity index is 3260. The van der Waals surface area contributed by atoms with Gasteiger partial charge in [-0.05, 0) is 52.6 Å². The first kappa shape index (κ1) is 32.2. The van der Waals surface area contributed by atoms with Crippen LogP contribution in [-0.4, -0.2) is 19.9 Å². The number of benzene rings is 7. The second kappa shape index (κ2) is 13.2. The van der Waals surface area contributed by atoms with Crippen molar-refractivity contribution in [3.05, 3.63) is 182 Å². The highest BCUT2D eigenvalue weighted by Gasteiger charge is 2.19. The predicted octanol–water partition coefficient (Wildman–Crippen LogP) is 13.5. The van der Waals surface area contributed by atoms with E-state index in [4.69, 9.17) is 24.4 Å². The Hall–Kier alpha value is -7.28. The zero-order valence-electron chi connectivity index (χ0n) is 29.9. The van der Waals surface area contributed by atoms with Gasteiger partial charge in [-0.2, -0.15) is 4.98 Å². The summed E-state index contributed by atoms with van der Waals surface area (Å²) in [5.74, 6) is 1.35. The average Bonchev–Trinajstić information content (AvgIpc) is 3.85. The number of hydrogen-bond acceptors (Lipinski definition) is 6. The van der Waals surface area contributed by atoms with Gasteiger partial charge in [0, 0.05) is 43.1 Å². The van der Waals surface area contributed by atoms with E-state index in [1.807, 2.05) is 54.6 Å². The molecule has 4 aromatic heterocycles. The Balaban J connectivity index is 1.00. The molecule has 0 fully saturated rings. The Morgan fingerprint density at radius 3 is 1.57 bits per heavy atom. The minimum absolute atomic E-state index is 0.578. The number of para-hydroxylation sites is 1. The maximum Gasteiger partial charge on any atom is 0.231 e. The fourth-order valence-corrected chi connectivity index (χ4v) is 8.74. The first-order valence-corrected chi connectivity index (χ1v) is 19.4. The van der Waals surface area contributed by atoms with E-state index in [-0.39, 0.29) is 0 Å². The van der Waals surface area contributed by atoms with Crippen LogP contribution in [0.1, 0.15) is 0 Å². The smallest absolute Gasteiger partial charge is 0.231 e. The maximum atomic E-state index is 6.31. The summed E-state index contributed by atoms with van der Waals surface area (Å²) in [5.41, 5.74) is 11.6. The third-order valence-corrected chi connectivity index (χ3v) is 11.4. The van der Waals surface area contributed by atoms with Crippen molar-refractivity contribution < 1.29 is 4.42 Å². The Morgan fingerprint density at radius 2 is 0.857 bits per heavy atom. The molecule has 11 aromatic rings. The number of rotatable bonds is 6. The van der Waals surface area contributed by atoms with Crippen LogP contribution >= 0.6 is 11.3 Å². The number of hydrogen-bond donors (Lipinski definition) is 0. The Kier molecular flexibility index (Phi) is 7.60. The molecule has 0 aliphatic carbocycles. The fraction of sp³-hybridized carbons (Fsp3) is 0. The number of aromatic nitrogens is 4. The summed E-state index contributed by atoms with van der Waals surface area (Å²) in [4.78, 5) is 21.5. The number of furan rings is 1. The third-order valence-electron chi connectivity index (χ3n) is 10.3. The molecule has 11 rings (SSSR count). The molecule has 0 unspecified atom stereocenters. The van der Waals surface area contributed by atoms with E-state index >= 15 is 0 Å². The van der Waals surface area contributed by atoms with E-state index in [2.05, 4.69) is 127 Å². The molecule has 0 bridgehead atoms. The standard InChI is InChI=1S/C50H30N4OS/c1-3-14-31(15-4-1)45-43-39-24-7-9-26-41(39)55-49(43)53-48(51-45)38-23-13-21-36(30-38)34-19-11-18-33(28-34)35-20-12-22-37(29-35)46-44-40-25-8-10-27-42(40)56-50(44)54-47(52-46)32-16-5-2-6-17-32/h1-30H. The quantitative estimate of drug-likeness (QED) is 0.170. The van der Waals surface area contributed by atoms with Crippen molar-refractivity contribution in [2.75, 3.05) is 0 Å². The molecule has 0 aliphatic rings. The van der Waals surface area contributed by atoms with E-state index < -0.39 is 0 Å². The highest BCUT2D eigenvalue weighted by molar-refractivity contribution is 7.25. The molecule has 0 aliphatic heterocycles. The van der Waals surface area contributed by atoms with Crippen molar-refractivity contribution >= 4 is 53.7 Å².